The summed E-state index contributed by atoms with van der Waals surface area (Å²) < 4.78 is 74.8. The minimum absolute atomic E-state index is 0.0381. The third kappa shape index (κ3) is 11.4. The van der Waals surface area contributed by atoms with Gasteiger partial charge in [0, 0.05) is 35.8 Å². The normalized spacial score (nSPS) is 11.6. The van der Waals surface area contributed by atoms with Crippen molar-refractivity contribution in [3.63, 3.8) is 0 Å². The van der Waals surface area contributed by atoms with Crippen molar-refractivity contribution >= 4 is 90.8 Å². The van der Waals surface area contributed by atoms with Crippen LogP contribution in [0.5, 0.6) is 0 Å². The van der Waals surface area contributed by atoms with Gasteiger partial charge in [-0.1, -0.05) is 60.7 Å². The largest absolute Gasteiger partial charge is 0.744 e. The Morgan fingerprint density at radius 2 is 0.793 bits per heavy atom. The Hall–Kier alpha value is -6.82. The minimum atomic E-state index is -5.11. The standard InChI is InChI=1S/C36H36N12O8S2/c49-19-17-37-31-43-33(39-25-7-3-1-4-8-25)47-35(45-31)41-27-15-13-23(29(21-27)57(51,52)53)11-12-24-14-16-28(22-30(24)58(54,55)56)42-36-46-32(38-18-20-50)44-34(48-36)40-26-9-5-2-6-10-26/h1-16,21-22,49-50H,17-20H2,(H,51,52,53)(H,54,55,56)(H3,37,39,41,43,45,47)(H3,38,40,42,44,46,48)/p-2. The summed E-state index contributed by atoms with van der Waals surface area (Å²) in [7, 11) is -10.2. The highest BCUT2D eigenvalue weighted by atomic mass is 32.2. The Bertz CT molecular complexity index is 2440. The third-order valence-electron chi connectivity index (χ3n) is 7.64. The van der Waals surface area contributed by atoms with E-state index in [9.17, 15) is 36.2 Å². The van der Waals surface area contributed by atoms with Gasteiger partial charge in [0.15, 0.2) is 0 Å². The summed E-state index contributed by atoms with van der Waals surface area (Å²) in [5, 5.41) is 35.9. The lowest BCUT2D eigenvalue weighted by Gasteiger charge is -2.16. The van der Waals surface area contributed by atoms with Crippen LogP contribution in [-0.4, -0.2) is 92.4 Å². The highest BCUT2D eigenvalue weighted by molar-refractivity contribution is 7.86. The molecule has 20 nitrogen and oxygen atoms in total. The molecular formula is C36H34N12O8S2-2. The summed E-state index contributed by atoms with van der Waals surface area (Å²) in [5.41, 5.74) is 1.30. The molecule has 0 spiro atoms. The summed E-state index contributed by atoms with van der Waals surface area (Å²) in [6, 6.07) is 25.5. The van der Waals surface area contributed by atoms with Gasteiger partial charge in [0.2, 0.25) is 35.7 Å². The second-order valence-corrected chi connectivity index (χ2v) is 14.6. The molecule has 0 unspecified atom stereocenters. The Balaban J connectivity index is 1.27. The first-order valence-electron chi connectivity index (χ1n) is 17.1. The molecule has 0 radical (unpaired) electrons. The molecule has 22 heteroatoms. The molecule has 2 aromatic heterocycles. The molecule has 6 aromatic rings. The molecule has 0 amide bonds. The Labute approximate surface area is 332 Å². The number of anilines is 10. The second-order valence-electron chi connectivity index (χ2n) is 11.9. The summed E-state index contributed by atoms with van der Waals surface area (Å²) >= 11 is 0. The zero-order valence-electron chi connectivity index (χ0n) is 30.1. The zero-order valence-corrected chi connectivity index (χ0v) is 31.7. The van der Waals surface area contributed by atoms with Gasteiger partial charge in [-0.2, -0.15) is 29.9 Å². The van der Waals surface area contributed by atoms with Crippen LogP contribution in [0.15, 0.2) is 107 Å². The first kappa shape index (κ1) is 40.8. The average molecular weight is 827 g/mol. The Kier molecular flexibility index (Phi) is 13.0. The predicted molar refractivity (Wildman–Crippen MR) is 215 cm³/mol. The molecular weight excluding hydrogens is 793 g/mol. The van der Waals surface area contributed by atoms with Crippen LogP contribution in [0.2, 0.25) is 0 Å². The highest BCUT2D eigenvalue weighted by Gasteiger charge is 2.15. The number of aromatic nitrogens is 6. The molecule has 2 heterocycles. The average Bonchev–Trinajstić information content (AvgIpc) is 3.19. The molecule has 0 bridgehead atoms. The van der Waals surface area contributed by atoms with E-state index in [1.165, 1.54) is 36.4 Å². The fourth-order valence-corrected chi connectivity index (χ4v) is 6.53. The number of nitrogens with zero attached hydrogens (tertiary/aromatic N) is 6. The van der Waals surface area contributed by atoms with E-state index in [2.05, 4.69) is 61.8 Å². The maximum absolute atomic E-state index is 12.5. The van der Waals surface area contributed by atoms with Gasteiger partial charge in [-0.15, -0.1) is 0 Å². The van der Waals surface area contributed by atoms with Crippen LogP contribution < -0.4 is 31.9 Å². The lowest BCUT2D eigenvalue weighted by Crippen LogP contribution is -2.12. The van der Waals surface area contributed by atoms with Crippen molar-refractivity contribution in [2.75, 3.05) is 58.2 Å². The number of benzene rings is 4. The molecule has 6 rings (SSSR count). The fraction of sp³-hybridized carbons (Fsp3) is 0.111. The smallest absolute Gasteiger partial charge is 0.233 e. The van der Waals surface area contributed by atoms with E-state index in [1.807, 2.05) is 12.1 Å². The number of hydrogen-bond donors (Lipinski definition) is 8. The summed E-state index contributed by atoms with van der Waals surface area (Å²) in [5.74, 6) is 0.328. The lowest BCUT2D eigenvalue weighted by atomic mass is 10.1. The first-order chi connectivity index (χ1) is 27.9. The number of aliphatic hydroxyl groups is 2. The van der Waals surface area contributed by atoms with E-state index in [0.29, 0.717) is 11.4 Å². The summed E-state index contributed by atoms with van der Waals surface area (Å²) in [4.78, 5) is 24.3. The molecule has 0 aliphatic carbocycles. The van der Waals surface area contributed by atoms with Gasteiger partial charge in [0.1, 0.15) is 20.2 Å². The van der Waals surface area contributed by atoms with Crippen LogP contribution in [-0.2, 0) is 20.2 Å². The molecule has 0 fully saturated rings. The van der Waals surface area contributed by atoms with Crippen molar-refractivity contribution in [3.05, 3.63) is 108 Å². The van der Waals surface area contributed by atoms with Crippen molar-refractivity contribution in [1.82, 2.24) is 29.9 Å². The molecule has 0 saturated heterocycles. The van der Waals surface area contributed by atoms with E-state index < -0.39 is 30.0 Å². The molecule has 0 aliphatic rings. The number of nitrogens with one attached hydrogen (secondary N) is 6. The number of rotatable bonds is 18. The monoisotopic (exact) mass is 826 g/mol. The van der Waals surface area contributed by atoms with Gasteiger partial charge < -0.3 is 51.2 Å². The van der Waals surface area contributed by atoms with Crippen LogP contribution >= 0.6 is 0 Å². The van der Waals surface area contributed by atoms with Crippen molar-refractivity contribution in [3.8, 4) is 0 Å². The molecule has 0 atom stereocenters. The number of hydrogen-bond acceptors (Lipinski definition) is 20. The number of para-hydroxylation sites is 2. The van der Waals surface area contributed by atoms with Crippen LogP contribution in [0, 0.1) is 0 Å². The first-order valence-corrected chi connectivity index (χ1v) is 20.0. The van der Waals surface area contributed by atoms with Gasteiger partial charge in [-0.3, -0.25) is 0 Å². The summed E-state index contributed by atoms with van der Waals surface area (Å²) in [6.45, 7) is -0.168. The van der Waals surface area contributed by atoms with Crippen molar-refractivity contribution in [2.45, 2.75) is 9.79 Å². The topological polar surface area (TPSA) is 304 Å². The highest BCUT2D eigenvalue weighted by Crippen LogP contribution is 2.29. The molecule has 0 saturated carbocycles. The van der Waals surface area contributed by atoms with Crippen LogP contribution in [0.3, 0.4) is 0 Å². The van der Waals surface area contributed by atoms with E-state index in [4.69, 9.17) is 0 Å². The summed E-state index contributed by atoms with van der Waals surface area (Å²) in [6.07, 6.45) is 2.36. The quantitative estimate of drug-likeness (QED) is 0.0451. The van der Waals surface area contributed by atoms with Gasteiger partial charge >= 0.3 is 0 Å². The van der Waals surface area contributed by atoms with E-state index in [1.54, 1.807) is 48.5 Å². The van der Waals surface area contributed by atoms with Crippen molar-refractivity contribution in [2.24, 2.45) is 0 Å². The Morgan fingerprint density at radius 3 is 1.12 bits per heavy atom. The van der Waals surface area contributed by atoms with E-state index in [-0.39, 0.29) is 84.5 Å². The van der Waals surface area contributed by atoms with E-state index in [0.717, 1.165) is 12.1 Å². The van der Waals surface area contributed by atoms with Crippen molar-refractivity contribution < 1.29 is 36.2 Å². The molecule has 4 aromatic carbocycles. The maximum atomic E-state index is 12.5. The van der Waals surface area contributed by atoms with Crippen LogP contribution in [0.4, 0.5) is 58.4 Å². The molecule has 0 aliphatic heterocycles. The molecule has 300 valence electrons. The van der Waals surface area contributed by atoms with Gasteiger partial charge in [-0.05, 0) is 59.7 Å². The predicted octanol–water partition coefficient (Wildman–Crippen LogP) is 3.82. The maximum Gasteiger partial charge on any atom is 0.233 e. The van der Waals surface area contributed by atoms with Gasteiger partial charge in [0.25, 0.3) is 0 Å². The molecule has 58 heavy (non-hydrogen) atoms. The minimum Gasteiger partial charge on any atom is -0.744 e. The fourth-order valence-electron chi connectivity index (χ4n) is 5.14. The zero-order chi connectivity index (χ0) is 41.1. The SMILES string of the molecule is O=S(=O)([O-])c1cc(Nc2nc(NCCO)nc(Nc3ccccc3)n2)ccc1C=Cc1ccc(Nc2nc(NCCO)nc(Nc3ccccc3)n2)cc1S(=O)(=O)[O-]. The molecule has 8 N–H and O–H groups in total. The van der Waals surface area contributed by atoms with Gasteiger partial charge in [-0.25, -0.2) is 16.8 Å². The van der Waals surface area contributed by atoms with Crippen LogP contribution in [0.25, 0.3) is 12.2 Å². The lowest BCUT2D eigenvalue weighted by molar-refractivity contribution is 0.310. The Morgan fingerprint density at radius 1 is 0.466 bits per heavy atom. The van der Waals surface area contributed by atoms with Crippen LogP contribution in [0.1, 0.15) is 11.1 Å². The van der Waals surface area contributed by atoms with E-state index >= 15 is 0 Å². The third-order valence-corrected chi connectivity index (χ3v) is 9.43. The second kappa shape index (κ2) is 18.4. The van der Waals surface area contributed by atoms with Gasteiger partial charge in [0.05, 0.1) is 23.0 Å². The number of aliphatic hydroxyl groups excluding tert-OH is 2. The van der Waals surface area contributed by atoms with Crippen molar-refractivity contribution in [1.29, 1.82) is 0 Å².